The van der Waals surface area contributed by atoms with Crippen LogP contribution in [0.25, 0.3) is 44.5 Å². The number of nitrogens with zero attached hydrogens (tertiary/aromatic N) is 1. The van der Waals surface area contributed by atoms with Crippen LogP contribution < -0.4 is 4.90 Å². The second-order valence-electron chi connectivity index (χ2n) is 16.1. The van der Waals surface area contributed by atoms with Crippen molar-refractivity contribution in [2.75, 3.05) is 4.90 Å². The van der Waals surface area contributed by atoms with E-state index in [1.165, 1.54) is 83.5 Å². The van der Waals surface area contributed by atoms with Crippen LogP contribution in [0.1, 0.15) is 45.9 Å². The lowest BCUT2D eigenvalue weighted by molar-refractivity contribution is 0.704. The van der Waals surface area contributed by atoms with Crippen LogP contribution in [0, 0.1) is 0 Å². The number of hydrogen-bond donors (Lipinski definition) is 0. The summed E-state index contributed by atoms with van der Waals surface area (Å²) in [7, 11) is 0. The van der Waals surface area contributed by atoms with E-state index in [1.54, 1.807) is 0 Å². The minimum atomic E-state index is -0.537. The van der Waals surface area contributed by atoms with Gasteiger partial charge in [0.2, 0.25) is 0 Å². The summed E-state index contributed by atoms with van der Waals surface area (Å²) in [6, 6.07) is 81.8. The van der Waals surface area contributed by atoms with Crippen LogP contribution in [0.3, 0.4) is 0 Å². The van der Waals surface area contributed by atoms with Gasteiger partial charge in [0, 0.05) is 22.4 Å². The van der Waals surface area contributed by atoms with Crippen LogP contribution in [0.5, 0.6) is 0 Å². The van der Waals surface area contributed by atoms with Crippen molar-refractivity contribution in [1.29, 1.82) is 0 Å². The zero-order chi connectivity index (χ0) is 38.4. The molecular weight excluding hydrogens is 699 g/mol. The normalized spacial score (nSPS) is 16.2. The van der Waals surface area contributed by atoms with Gasteiger partial charge in [-0.05, 0) is 121 Å². The van der Waals surface area contributed by atoms with E-state index >= 15 is 0 Å². The summed E-state index contributed by atoms with van der Waals surface area (Å²) >= 11 is 0. The third-order valence-corrected chi connectivity index (χ3v) is 13.4. The number of fused-ring (bicyclic) bond motifs is 13. The van der Waals surface area contributed by atoms with Gasteiger partial charge in [-0.3, -0.25) is 0 Å². The highest BCUT2D eigenvalue weighted by atomic mass is 15.1. The van der Waals surface area contributed by atoms with Crippen molar-refractivity contribution >= 4 is 17.1 Å². The molecule has 1 heteroatoms. The summed E-state index contributed by atoms with van der Waals surface area (Å²) < 4.78 is 0. The Morgan fingerprint density at radius 1 is 0.328 bits per heavy atom. The van der Waals surface area contributed by atoms with E-state index in [0.717, 1.165) is 17.1 Å². The SMILES string of the molecule is CC12c3cc(c4c(c3)C(c3ccccc3)(c3ccccc3)c3ccccc3-4)-c3ccccc3N(c3ccc(-c4ccccc4)cc3)c3ccc(c1c3)-c1ccccc12. The first-order valence-electron chi connectivity index (χ1n) is 20.3. The van der Waals surface area contributed by atoms with Gasteiger partial charge in [-0.1, -0.05) is 182 Å². The van der Waals surface area contributed by atoms with E-state index in [2.05, 4.69) is 230 Å². The monoisotopic (exact) mass is 737 g/mol. The first-order valence-corrected chi connectivity index (χ1v) is 20.3. The van der Waals surface area contributed by atoms with Crippen LogP contribution in [-0.4, -0.2) is 0 Å². The molecule has 0 N–H and O–H groups in total. The topological polar surface area (TPSA) is 3.24 Å². The molecule has 0 saturated carbocycles. The molecule has 0 aromatic heterocycles. The highest BCUT2D eigenvalue weighted by Crippen LogP contribution is 2.62. The van der Waals surface area contributed by atoms with E-state index in [9.17, 15) is 0 Å². The third-order valence-electron chi connectivity index (χ3n) is 13.4. The van der Waals surface area contributed by atoms with E-state index in [4.69, 9.17) is 0 Å². The lowest BCUT2D eigenvalue weighted by atomic mass is 9.65. The lowest BCUT2D eigenvalue weighted by Gasteiger charge is -2.37. The molecule has 9 aromatic rings. The second kappa shape index (κ2) is 12.4. The number of rotatable bonds is 4. The average Bonchev–Trinajstić information content (AvgIpc) is 3.74. The summed E-state index contributed by atoms with van der Waals surface area (Å²) in [5.41, 5.74) is 21.8. The highest BCUT2D eigenvalue weighted by molar-refractivity contribution is 6.01. The summed E-state index contributed by atoms with van der Waals surface area (Å²) in [4.78, 5) is 2.49. The van der Waals surface area contributed by atoms with Gasteiger partial charge < -0.3 is 4.90 Å². The van der Waals surface area contributed by atoms with Gasteiger partial charge in [0.05, 0.1) is 11.1 Å². The Kier molecular flexibility index (Phi) is 7.04. The van der Waals surface area contributed by atoms with Crippen molar-refractivity contribution in [3.05, 3.63) is 257 Å². The maximum atomic E-state index is 2.59. The van der Waals surface area contributed by atoms with Crippen LogP contribution in [-0.2, 0) is 10.8 Å². The molecule has 12 rings (SSSR count). The van der Waals surface area contributed by atoms with E-state index < -0.39 is 10.8 Å². The van der Waals surface area contributed by atoms with Gasteiger partial charge in [-0.2, -0.15) is 0 Å². The molecule has 3 aliphatic rings. The Morgan fingerprint density at radius 3 is 1.57 bits per heavy atom. The molecule has 2 aliphatic carbocycles. The van der Waals surface area contributed by atoms with Gasteiger partial charge in [0.15, 0.2) is 0 Å². The molecule has 1 heterocycles. The Labute approximate surface area is 340 Å². The van der Waals surface area contributed by atoms with Crippen LogP contribution in [0.15, 0.2) is 218 Å². The Bertz CT molecular complexity index is 3010. The molecule has 4 bridgehead atoms. The third kappa shape index (κ3) is 4.42. The number of anilines is 3. The standard InChI is InChI=1S/C57H39N/c1-56-42-35-49(55-48-25-12-15-27-51(48)57(53(55)36-42,40-19-7-3-8-20-40)41-21-9-4-10-22-41)47-24-13-16-28-54(47)58(43-31-29-39(30-32-43)38-17-5-2-6-18-38)44-33-34-46(52(56)37-44)45-23-11-14-26-50(45)56/h2-37H,1H3. The molecule has 0 spiro atoms. The minimum absolute atomic E-state index is 0.422. The number of hydrogen-bond acceptors (Lipinski definition) is 1. The zero-order valence-corrected chi connectivity index (χ0v) is 32.2. The van der Waals surface area contributed by atoms with Crippen molar-refractivity contribution < 1.29 is 0 Å². The molecule has 1 aliphatic heterocycles. The summed E-state index contributed by atoms with van der Waals surface area (Å²) in [6.45, 7) is 2.47. The van der Waals surface area contributed by atoms with Crippen LogP contribution >= 0.6 is 0 Å². The predicted molar refractivity (Wildman–Crippen MR) is 240 cm³/mol. The molecule has 272 valence electrons. The number of para-hydroxylation sites is 1. The van der Waals surface area contributed by atoms with Crippen molar-refractivity contribution in [1.82, 2.24) is 0 Å². The lowest BCUT2D eigenvalue weighted by Crippen LogP contribution is -2.30. The Balaban J connectivity index is 1.23. The van der Waals surface area contributed by atoms with E-state index in [1.807, 2.05) is 0 Å². The minimum Gasteiger partial charge on any atom is -0.310 e. The molecule has 9 aromatic carbocycles. The highest BCUT2D eigenvalue weighted by Gasteiger charge is 2.50. The predicted octanol–water partition coefficient (Wildman–Crippen LogP) is 14.5. The molecule has 1 unspecified atom stereocenters. The fraction of sp³-hybridized carbons (Fsp3) is 0.0526. The number of benzene rings is 9. The van der Waals surface area contributed by atoms with Crippen LogP contribution in [0.2, 0.25) is 0 Å². The Hall–Kier alpha value is -7.22. The van der Waals surface area contributed by atoms with Gasteiger partial charge in [-0.25, -0.2) is 0 Å². The van der Waals surface area contributed by atoms with Crippen molar-refractivity contribution in [2.45, 2.75) is 17.8 Å². The fourth-order valence-corrected chi connectivity index (χ4v) is 10.8. The van der Waals surface area contributed by atoms with Gasteiger partial charge in [0.25, 0.3) is 0 Å². The summed E-state index contributed by atoms with van der Waals surface area (Å²) in [5, 5.41) is 0. The summed E-state index contributed by atoms with van der Waals surface area (Å²) in [6.07, 6.45) is 0. The maximum Gasteiger partial charge on any atom is 0.0713 e. The average molecular weight is 738 g/mol. The van der Waals surface area contributed by atoms with E-state index in [-0.39, 0.29) is 0 Å². The van der Waals surface area contributed by atoms with E-state index in [0.29, 0.717) is 0 Å². The molecule has 0 fully saturated rings. The summed E-state index contributed by atoms with van der Waals surface area (Å²) in [5.74, 6) is 0. The zero-order valence-electron chi connectivity index (χ0n) is 32.2. The molecule has 58 heavy (non-hydrogen) atoms. The van der Waals surface area contributed by atoms with Crippen molar-refractivity contribution in [3.63, 3.8) is 0 Å². The molecule has 0 amide bonds. The molecule has 0 saturated heterocycles. The smallest absolute Gasteiger partial charge is 0.0713 e. The molecule has 0 radical (unpaired) electrons. The van der Waals surface area contributed by atoms with Crippen molar-refractivity contribution in [2.24, 2.45) is 0 Å². The van der Waals surface area contributed by atoms with Crippen LogP contribution in [0.4, 0.5) is 17.1 Å². The fourth-order valence-electron chi connectivity index (χ4n) is 10.8. The van der Waals surface area contributed by atoms with Crippen molar-refractivity contribution in [3.8, 4) is 44.5 Å². The molecule has 1 atom stereocenters. The molecular formula is C57H39N. The maximum absolute atomic E-state index is 2.59. The quantitative estimate of drug-likeness (QED) is 0.174. The van der Waals surface area contributed by atoms with Gasteiger partial charge in [0.1, 0.15) is 0 Å². The first-order chi connectivity index (χ1) is 28.7. The second-order valence-corrected chi connectivity index (χ2v) is 16.1. The van der Waals surface area contributed by atoms with Gasteiger partial charge in [-0.15, -0.1) is 0 Å². The molecule has 1 nitrogen and oxygen atoms in total. The first kappa shape index (κ1) is 33.0. The van der Waals surface area contributed by atoms with Gasteiger partial charge >= 0.3 is 0 Å². The largest absolute Gasteiger partial charge is 0.310 e. The Morgan fingerprint density at radius 2 is 0.862 bits per heavy atom.